The largest absolute Gasteiger partial charge is 0.309 e. The molecule has 0 amide bonds. The maximum absolute atomic E-state index is 2.67. The summed E-state index contributed by atoms with van der Waals surface area (Å²) in [4.78, 5) is 5.32. The summed E-state index contributed by atoms with van der Waals surface area (Å²) in [6.45, 7) is 2.31. The Bertz CT molecular complexity index is 3970. The Morgan fingerprint density at radius 1 is 0.320 bits per heavy atom. The number of para-hydroxylation sites is 2. The van der Waals surface area contributed by atoms with Crippen molar-refractivity contribution in [2.75, 3.05) is 9.80 Å². The van der Waals surface area contributed by atoms with E-state index in [2.05, 4.69) is 205 Å². The van der Waals surface area contributed by atoms with Crippen molar-refractivity contribution in [3.8, 4) is 22.3 Å². The third-order valence-electron chi connectivity index (χ3n) is 22.1. The fourth-order valence-corrected chi connectivity index (χ4v) is 20.1. The first kappa shape index (κ1) is 42.1. The third-order valence-corrected chi connectivity index (χ3v) is 22.1. The second kappa shape index (κ2) is 15.0. The summed E-state index contributed by atoms with van der Waals surface area (Å²) in [5.41, 5.74) is 21.2. The SMILES string of the molecule is Cc1ccccc1N(c1cccc2c1-c1ccccc1C21C2CC3CC(C2)CC1C3)c1ccc2ccc3c(N(c4ccccc4)c4cccc5c4-c4ccccc4C54C5CC6CC(C5)CC4C6)ccc4ccc1c2c43. The second-order valence-corrected chi connectivity index (χ2v) is 25.2. The molecule has 10 aliphatic carbocycles. The fraction of sp³-hybridized carbons (Fsp3) is 0.288. The third kappa shape index (κ3) is 5.32. The van der Waals surface area contributed by atoms with Crippen molar-refractivity contribution in [1.82, 2.24) is 0 Å². The highest BCUT2D eigenvalue weighted by Crippen LogP contribution is 2.72. The molecule has 0 unspecified atom stereocenters. The molecule has 0 aromatic heterocycles. The van der Waals surface area contributed by atoms with Crippen molar-refractivity contribution in [2.24, 2.45) is 47.3 Å². The summed E-state index contributed by atoms with van der Waals surface area (Å²) in [6, 6.07) is 74.0. The van der Waals surface area contributed by atoms with Crippen LogP contribution in [-0.4, -0.2) is 0 Å². The van der Waals surface area contributed by atoms with Gasteiger partial charge in [0.2, 0.25) is 0 Å². The van der Waals surface area contributed by atoms with Gasteiger partial charge >= 0.3 is 0 Å². The van der Waals surface area contributed by atoms with Crippen molar-refractivity contribution in [2.45, 2.75) is 82.0 Å². The normalized spacial score (nSPS) is 28.7. The minimum Gasteiger partial charge on any atom is -0.309 e. The summed E-state index contributed by atoms with van der Waals surface area (Å²) in [5, 5.41) is 7.85. The number of fused-ring (bicyclic) bond motifs is 6. The van der Waals surface area contributed by atoms with E-state index >= 15 is 0 Å². The van der Waals surface area contributed by atoms with Crippen LogP contribution < -0.4 is 9.80 Å². The first-order valence-corrected chi connectivity index (χ1v) is 28.9. The average Bonchev–Trinajstić information content (AvgIpc) is 4.11. The molecule has 20 rings (SSSR count). The highest BCUT2D eigenvalue weighted by molar-refractivity contribution is 6.28. The predicted molar refractivity (Wildman–Crippen MR) is 311 cm³/mol. The molecule has 75 heavy (non-hydrogen) atoms. The van der Waals surface area contributed by atoms with Gasteiger partial charge in [0, 0.05) is 44.1 Å². The van der Waals surface area contributed by atoms with Gasteiger partial charge in [0.1, 0.15) is 0 Å². The van der Waals surface area contributed by atoms with Crippen molar-refractivity contribution >= 4 is 66.4 Å². The zero-order valence-corrected chi connectivity index (χ0v) is 43.0. The van der Waals surface area contributed by atoms with Crippen molar-refractivity contribution < 1.29 is 0 Å². The number of benzene rings is 10. The lowest BCUT2D eigenvalue weighted by Gasteiger charge is -2.61. The van der Waals surface area contributed by atoms with E-state index in [0.717, 1.165) is 23.7 Å². The maximum atomic E-state index is 2.67. The van der Waals surface area contributed by atoms with Gasteiger partial charge in [-0.1, -0.05) is 146 Å². The molecule has 10 aromatic rings. The van der Waals surface area contributed by atoms with E-state index in [0.29, 0.717) is 23.7 Å². The molecule has 0 N–H and O–H groups in total. The zero-order valence-electron chi connectivity index (χ0n) is 43.0. The van der Waals surface area contributed by atoms with Crippen molar-refractivity contribution in [1.29, 1.82) is 0 Å². The van der Waals surface area contributed by atoms with E-state index in [4.69, 9.17) is 0 Å². The Balaban J connectivity index is 0.862. The predicted octanol–water partition coefficient (Wildman–Crippen LogP) is 19.3. The van der Waals surface area contributed by atoms with Crippen LogP contribution in [0.15, 0.2) is 188 Å². The smallest absolute Gasteiger partial charge is 0.0543 e. The van der Waals surface area contributed by atoms with Crippen LogP contribution in [0.25, 0.3) is 54.6 Å². The molecule has 0 saturated heterocycles. The van der Waals surface area contributed by atoms with Crippen LogP contribution in [0.1, 0.15) is 92.0 Å². The number of rotatable bonds is 6. The first-order chi connectivity index (χ1) is 37.1. The fourth-order valence-electron chi connectivity index (χ4n) is 20.1. The number of hydrogen-bond acceptors (Lipinski definition) is 2. The van der Waals surface area contributed by atoms with E-state index in [9.17, 15) is 0 Å². The van der Waals surface area contributed by atoms with Gasteiger partial charge in [0.15, 0.2) is 0 Å². The van der Waals surface area contributed by atoms with Gasteiger partial charge in [0.25, 0.3) is 0 Å². The van der Waals surface area contributed by atoms with Gasteiger partial charge in [-0.3, -0.25) is 0 Å². The van der Waals surface area contributed by atoms with Crippen LogP contribution in [0.2, 0.25) is 0 Å². The molecular weight excluding hydrogens is 905 g/mol. The van der Waals surface area contributed by atoms with E-state index < -0.39 is 0 Å². The van der Waals surface area contributed by atoms with E-state index in [1.54, 1.807) is 22.3 Å². The number of nitrogens with zero attached hydrogens (tertiary/aromatic N) is 2. The highest BCUT2D eigenvalue weighted by Gasteiger charge is 2.63. The Labute approximate surface area is 441 Å². The van der Waals surface area contributed by atoms with Crippen LogP contribution in [0, 0.1) is 54.3 Å². The van der Waals surface area contributed by atoms with Crippen LogP contribution in [0.3, 0.4) is 0 Å². The monoisotopic (exact) mass is 966 g/mol. The molecule has 0 radical (unpaired) electrons. The van der Waals surface area contributed by atoms with Crippen LogP contribution in [0.5, 0.6) is 0 Å². The van der Waals surface area contributed by atoms with Gasteiger partial charge in [-0.2, -0.15) is 0 Å². The Morgan fingerprint density at radius 3 is 1.23 bits per heavy atom. The Kier molecular flexibility index (Phi) is 8.44. The van der Waals surface area contributed by atoms with Crippen molar-refractivity contribution in [3.63, 3.8) is 0 Å². The zero-order chi connectivity index (χ0) is 48.9. The molecule has 8 bridgehead atoms. The van der Waals surface area contributed by atoms with Crippen molar-refractivity contribution in [3.05, 3.63) is 216 Å². The average molecular weight is 967 g/mol. The molecule has 8 fully saturated rings. The first-order valence-electron chi connectivity index (χ1n) is 28.9. The van der Waals surface area contributed by atoms with E-state index in [1.165, 1.54) is 158 Å². The van der Waals surface area contributed by atoms with Crippen LogP contribution in [0.4, 0.5) is 34.1 Å². The van der Waals surface area contributed by atoms with Crippen LogP contribution >= 0.6 is 0 Å². The topological polar surface area (TPSA) is 6.48 Å². The van der Waals surface area contributed by atoms with E-state index in [-0.39, 0.29) is 10.8 Å². The molecule has 2 spiro atoms. The maximum Gasteiger partial charge on any atom is 0.0543 e. The molecule has 2 heteroatoms. The Hall–Kier alpha value is -7.16. The molecular formula is C73H62N2. The number of anilines is 6. The van der Waals surface area contributed by atoms with Gasteiger partial charge in [-0.15, -0.1) is 0 Å². The van der Waals surface area contributed by atoms with Gasteiger partial charge in [0.05, 0.1) is 22.7 Å². The lowest BCUT2D eigenvalue weighted by Crippen LogP contribution is -2.55. The number of aryl methyl sites for hydroxylation is 1. The van der Waals surface area contributed by atoms with Gasteiger partial charge in [-0.05, 0) is 221 Å². The standard InChI is InChI=1S/C73H62N2/c1-43-13-5-10-22-63(43)75(67-24-12-21-62-71(67)56-17-7-9-19-60(56)73(62)52-39-46-34-47(41-52)42-53(73)40-46)65-32-28-49-25-29-57-64(31-27-48-26-30-58(65)69(49)68(48)57)74(54-14-3-2-4-15-54)66-23-11-20-61-70(66)55-16-6-8-18-59(55)72(61)50-35-44-33-45(37-50)38-51(72)36-44/h2-32,44-47,50-53H,33-42H2,1H3. The quantitative estimate of drug-likeness (QED) is 0.153. The minimum atomic E-state index is 0.0909. The summed E-state index contributed by atoms with van der Waals surface area (Å²) in [5.74, 6) is 6.47. The molecule has 0 atom stereocenters. The molecule has 8 saturated carbocycles. The summed E-state index contributed by atoms with van der Waals surface area (Å²) >= 11 is 0. The molecule has 2 nitrogen and oxygen atoms in total. The molecule has 0 aliphatic heterocycles. The number of hydrogen-bond donors (Lipinski definition) is 0. The highest BCUT2D eigenvalue weighted by atomic mass is 15.2. The van der Waals surface area contributed by atoms with Gasteiger partial charge in [-0.25, -0.2) is 0 Å². The lowest BCUT2D eigenvalue weighted by molar-refractivity contribution is -0.0399. The summed E-state index contributed by atoms with van der Waals surface area (Å²) in [6.07, 6.45) is 14.0. The minimum absolute atomic E-state index is 0.0909. The van der Waals surface area contributed by atoms with E-state index in [1.807, 2.05) is 0 Å². The second-order valence-electron chi connectivity index (χ2n) is 25.2. The molecule has 10 aliphatic rings. The lowest BCUT2D eigenvalue weighted by atomic mass is 9.43. The van der Waals surface area contributed by atoms with Gasteiger partial charge < -0.3 is 9.80 Å². The van der Waals surface area contributed by atoms with Crippen LogP contribution in [-0.2, 0) is 10.8 Å². The molecule has 10 aromatic carbocycles. The summed E-state index contributed by atoms with van der Waals surface area (Å²) < 4.78 is 0. The molecule has 364 valence electrons. The molecule has 0 heterocycles. The summed E-state index contributed by atoms with van der Waals surface area (Å²) in [7, 11) is 0. The Morgan fingerprint density at radius 2 is 0.720 bits per heavy atom.